The van der Waals surface area contributed by atoms with Gasteiger partial charge in [0.1, 0.15) is 0 Å². The number of rotatable bonds is 1. The molecule has 1 saturated heterocycles. The molecule has 4 heteroatoms. The third-order valence-corrected chi connectivity index (χ3v) is 3.75. The van der Waals surface area contributed by atoms with Gasteiger partial charge in [-0.25, -0.2) is 0 Å². The van der Waals surface area contributed by atoms with Crippen LogP contribution in [0.5, 0.6) is 0 Å². The van der Waals surface area contributed by atoms with Crippen molar-refractivity contribution in [1.29, 1.82) is 0 Å². The maximum Gasteiger partial charge on any atom is 0.248 e. The molecule has 2 aliphatic heterocycles. The Morgan fingerprint density at radius 3 is 3.12 bits per heavy atom. The number of primary amides is 1. The van der Waals surface area contributed by atoms with Crippen LogP contribution in [0.3, 0.4) is 0 Å². The van der Waals surface area contributed by atoms with E-state index in [1.807, 2.05) is 18.2 Å². The standard InChI is InChI=1S/C13H17N3O/c14-13(17)9-4-5-12-11(7-9)15-8-10-3-1-2-6-16(10)12/h4-5,7,10,15H,1-3,6,8H2,(H2,14,17). The minimum atomic E-state index is -0.365. The van der Waals surface area contributed by atoms with E-state index in [0.29, 0.717) is 11.6 Å². The number of benzene rings is 1. The number of fused-ring (bicyclic) bond motifs is 3. The molecule has 17 heavy (non-hydrogen) atoms. The summed E-state index contributed by atoms with van der Waals surface area (Å²) in [5.74, 6) is -0.365. The van der Waals surface area contributed by atoms with Gasteiger partial charge >= 0.3 is 0 Å². The Kier molecular flexibility index (Phi) is 2.42. The molecular weight excluding hydrogens is 214 g/mol. The summed E-state index contributed by atoms with van der Waals surface area (Å²) in [4.78, 5) is 13.6. The van der Waals surface area contributed by atoms with E-state index in [0.717, 1.165) is 18.8 Å². The first-order chi connectivity index (χ1) is 8.25. The molecule has 1 aromatic carbocycles. The average molecular weight is 231 g/mol. The lowest BCUT2D eigenvalue weighted by molar-refractivity contribution is 0.100. The number of nitrogens with zero attached hydrogens (tertiary/aromatic N) is 1. The third-order valence-electron chi connectivity index (χ3n) is 3.75. The van der Waals surface area contributed by atoms with Crippen LogP contribution in [0.15, 0.2) is 18.2 Å². The van der Waals surface area contributed by atoms with Gasteiger partial charge in [0.2, 0.25) is 5.91 Å². The van der Waals surface area contributed by atoms with Crippen molar-refractivity contribution in [2.75, 3.05) is 23.3 Å². The van der Waals surface area contributed by atoms with Gasteiger partial charge in [0.15, 0.2) is 0 Å². The summed E-state index contributed by atoms with van der Waals surface area (Å²) in [5.41, 5.74) is 8.13. The molecule has 2 aliphatic rings. The van der Waals surface area contributed by atoms with E-state index < -0.39 is 0 Å². The first kappa shape index (κ1) is 10.4. The van der Waals surface area contributed by atoms with Crippen LogP contribution >= 0.6 is 0 Å². The van der Waals surface area contributed by atoms with E-state index in [1.165, 1.54) is 24.9 Å². The molecule has 1 fully saturated rings. The lowest BCUT2D eigenvalue weighted by Gasteiger charge is -2.42. The zero-order valence-electron chi connectivity index (χ0n) is 9.78. The number of carbonyl (C=O) groups is 1. The van der Waals surface area contributed by atoms with Gasteiger partial charge in [-0.3, -0.25) is 4.79 Å². The third kappa shape index (κ3) is 1.73. The highest BCUT2D eigenvalue weighted by Crippen LogP contribution is 2.35. The Balaban J connectivity index is 1.97. The summed E-state index contributed by atoms with van der Waals surface area (Å²) in [7, 11) is 0. The number of carbonyl (C=O) groups excluding carboxylic acids is 1. The van der Waals surface area contributed by atoms with Crippen molar-refractivity contribution in [3.05, 3.63) is 23.8 Å². The predicted octanol–water partition coefficient (Wildman–Crippen LogP) is 1.57. The van der Waals surface area contributed by atoms with Gasteiger partial charge in [0.05, 0.1) is 11.4 Å². The van der Waals surface area contributed by atoms with Crippen LogP contribution in [0, 0.1) is 0 Å². The second-order valence-corrected chi connectivity index (χ2v) is 4.82. The molecular formula is C13H17N3O. The van der Waals surface area contributed by atoms with Crippen molar-refractivity contribution < 1.29 is 4.79 Å². The highest BCUT2D eigenvalue weighted by molar-refractivity contribution is 5.95. The van der Waals surface area contributed by atoms with Gasteiger partial charge in [-0.15, -0.1) is 0 Å². The molecule has 0 aromatic heterocycles. The maximum absolute atomic E-state index is 11.2. The number of nitrogens with two attached hydrogens (primary N) is 1. The Labute approximate surface area is 101 Å². The fourth-order valence-corrected chi connectivity index (χ4v) is 2.84. The molecule has 1 atom stereocenters. The van der Waals surface area contributed by atoms with Gasteiger partial charge < -0.3 is 16.0 Å². The van der Waals surface area contributed by atoms with E-state index in [1.54, 1.807) is 0 Å². The topological polar surface area (TPSA) is 58.4 Å². The monoisotopic (exact) mass is 231 g/mol. The lowest BCUT2D eigenvalue weighted by atomic mass is 9.97. The van der Waals surface area contributed by atoms with Crippen molar-refractivity contribution in [3.63, 3.8) is 0 Å². The van der Waals surface area contributed by atoms with Gasteiger partial charge in [0, 0.05) is 24.7 Å². The van der Waals surface area contributed by atoms with E-state index in [9.17, 15) is 4.79 Å². The van der Waals surface area contributed by atoms with E-state index in [-0.39, 0.29) is 5.91 Å². The summed E-state index contributed by atoms with van der Waals surface area (Å²) in [6.45, 7) is 2.09. The van der Waals surface area contributed by atoms with Crippen molar-refractivity contribution in [2.45, 2.75) is 25.3 Å². The Hall–Kier alpha value is -1.71. The lowest BCUT2D eigenvalue weighted by Crippen LogP contribution is -2.47. The molecule has 0 aliphatic carbocycles. The zero-order valence-corrected chi connectivity index (χ0v) is 9.78. The minimum Gasteiger partial charge on any atom is -0.381 e. The SMILES string of the molecule is NC(=O)c1ccc2c(c1)NCC1CCCCN21. The minimum absolute atomic E-state index is 0.365. The summed E-state index contributed by atoms with van der Waals surface area (Å²) in [5, 5.41) is 3.41. The molecule has 1 aromatic rings. The molecule has 4 nitrogen and oxygen atoms in total. The molecule has 2 heterocycles. The van der Waals surface area contributed by atoms with Crippen LogP contribution in [0.2, 0.25) is 0 Å². The molecule has 0 radical (unpaired) electrons. The summed E-state index contributed by atoms with van der Waals surface area (Å²) < 4.78 is 0. The van der Waals surface area contributed by atoms with Crippen LogP contribution < -0.4 is 16.0 Å². The van der Waals surface area contributed by atoms with Crippen LogP contribution in [-0.2, 0) is 0 Å². The zero-order chi connectivity index (χ0) is 11.8. The van der Waals surface area contributed by atoms with Crippen LogP contribution in [0.4, 0.5) is 11.4 Å². The molecule has 1 amide bonds. The number of anilines is 2. The fraction of sp³-hybridized carbons (Fsp3) is 0.462. The molecule has 0 spiro atoms. The highest BCUT2D eigenvalue weighted by atomic mass is 16.1. The predicted molar refractivity (Wildman–Crippen MR) is 68.4 cm³/mol. The molecule has 3 rings (SSSR count). The number of hydrogen-bond acceptors (Lipinski definition) is 3. The van der Waals surface area contributed by atoms with Crippen LogP contribution in [0.1, 0.15) is 29.6 Å². The van der Waals surface area contributed by atoms with Crippen molar-refractivity contribution in [2.24, 2.45) is 5.73 Å². The van der Waals surface area contributed by atoms with Crippen LogP contribution in [0.25, 0.3) is 0 Å². The molecule has 1 unspecified atom stereocenters. The Bertz CT molecular complexity index is 458. The molecule has 3 N–H and O–H groups in total. The van der Waals surface area contributed by atoms with Gasteiger partial charge in [-0.05, 0) is 37.5 Å². The van der Waals surface area contributed by atoms with Crippen molar-refractivity contribution in [1.82, 2.24) is 0 Å². The quantitative estimate of drug-likeness (QED) is 0.771. The largest absolute Gasteiger partial charge is 0.381 e. The number of hydrogen-bond donors (Lipinski definition) is 2. The Morgan fingerprint density at radius 2 is 2.29 bits per heavy atom. The smallest absolute Gasteiger partial charge is 0.248 e. The molecule has 0 saturated carbocycles. The van der Waals surface area contributed by atoms with E-state index in [2.05, 4.69) is 10.2 Å². The summed E-state index contributed by atoms with van der Waals surface area (Å²) >= 11 is 0. The van der Waals surface area contributed by atoms with E-state index >= 15 is 0 Å². The van der Waals surface area contributed by atoms with Gasteiger partial charge in [-0.2, -0.15) is 0 Å². The van der Waals surface area contributed by atoms with Gasteiger partial charge in [-0.1, -0.05) is 0 Å². The van der Waals surface area contributed by atoms with Crippen LogP contribution in [-0.4, -0.2) is 25.0 Å². The number of piperidine rings is 1. The fourth-order valence-electron chi connectivity index (χ4n) is 2.84. The number of nitrogens with one attached hydrogen (secondary N) is 1. The number of amides is 1. The first-order valence-corrected chi connectivity index (χ1v) is 6.20. The van der Waals surface area contributed by atoms with E-state index in [4.69, 9.17) is 5.73 Å². The molecule has 90 valence electrons. The second-order valence-electron chi connectivity index (χ2n) is 4.82. The summed E-state index contributed by atoms with van der Waals surface area (Å²) in [6.07, 6.45) is 3.83. The summed E-state index contributed by atoms with van der Waals surface area (Å²) in [6, 6.07) is 6.30. The second kappa shape index (κ2) is 3.95. The molecule has 0 bridgehead atoms. The average Bonchev–Trinajstić information content (AvgIpc) is 2.38. The highest BCUT2D eigenvalue weighted by Gasteiger charge is 2.28. The Morgan fingerprint density at radius 1 is 1.41 bits per heavy atom. The van der Waals surface area contributed by atoms with Crippen molar-refractivity contribution in [3.8, 4) is 0 Å². The van der Waals surface area contributed by atoms with Gasteiger partial charge in [0.25, 0.3) is 0 Å². The first-order valence-electron chi connectivity index (χ1n) is 6.20. The maximum atomic E-state index is 11.2. The van der Waals surface area contributed by atoms with Crippen molar-refractivity contribution >= 4 is 17.3 Å². The normalized spacial score (nSPS) is 22.4.